The van der Waals surface area contributed by atoms with Crippen LogP contribution in [0.4, 0.5) is 11.4 Å². The predicted molar refractivity (Wildman–Crippen MR) is 213 cm³/mol. The lowest BCUT2D eigenvalue weighted by Gasteiger charge is -2.40. The van der Waals surface area contributed by atoms with E-state index in [2.05, 4.69) is 31.4 Å². The lowest BCUT2D eigenvalue weighted by molar-refractivity contribution is -0.136. The van der Waals surface area contributed by atoms with Gasteiger partial charge in [-0.2, -0.15) is 5.26 Å². The van der Waals surface area contributed by atoms with Crippen molar-refractivity contribution in [3.8, 4) is 11.8 Å². The molecular weight excluding hydrogens is 746 g/mol. The fraction of sp³-hybridized carbons (Fsp3) is 0.442. The number of ether oxygens (including phenoxy) is 1. The van der Waals surface area contributed by atoms with Gasteiger partial charge in [-0.3, -0.25) is 39.1 Å². The van der Waals surface area contributed by atoms with E-state index in [1.54, 1.807) is 30.3 Å². The van der Waals surface area contributed by atoms with Gasteiger partial charge >= 0.3 is 0 Å². The van der Waals surface area contributed by atoms with E-state index in [0.29, 0.717) is 38.9 Å². The van der Waals surface area contributed by atoms with Crippen molar-refractivity contribution in [3.63, 3.8) is 0 Å². The number of nitrogens with one attached hydrogen (secondary N) is 2. The number of piperidine rings is 2. The summed E-state index contributed by atoms with van der Waals surface area (Å²) in [6.07, 6.45) is 5.64. The third kappa shape index (κ3) is 8.34. The van der Waals surface area contributed by atoms with E-state index >= 15 is 0 Å². The first-order valence-electron chi connectivity index (χ1n) is 20.0. The summed E-state index contributed by atoms with van der Waals surface area (Å²) in [6.45, 7) is 6.53. The van der Waals surface area contributed by atoms with Gasteiger partial charge in [0.15, 0.2) is 0 Å². The van der Waals surface area contributed by atoms with E-state index < -0.39 is 29.7 Å². The normalized spacial score (nSPS) is 23.2. The van der Waals surface area contributed by atoms with Gasteiger partial charge in [-0.05, 0) is 105 Å². The monoisotopic (exact) mass is 791 g/mol. The van der Waals surface area contributed by atoms with Crippen molar-refractivity contribution in [3.05, 3.63) is 87.9 Å². The molecule has 0 aromatic heterocycles. The van der Waals surface area contributed by atoms with Crippen molar-refractivity contribution in [2.75, 3.05) is 55.6 Å². The number of hydrogen-bond donors (Lipinski definition) is 2. The maximum atomic E-state index is 13.3. The summed E-state index contributed by atoms with van der Waals surface area (Å²) >= 11 is 6.15. The van der Waals surface area contributed by atoms with Crippen molar-refractivity contribution in [1.82, 2.24) is 20.4 Å². The summed E-state index contributed by atoms with van der Waals surface area (Å²) in [6, 6.07) is 19.6. The van der Waals surface area contributed by atoms with E-state index in [1.165, 1.54) is 0 Å². The van der Waals surface area contributed by atoms with Crippen molar-refractivity contribution in [2.24, 2.45) is 5.92 Å². The van der Waals surface area contributed by atoms with Crippen molar-refractivity contribution >= 4 is 52.5 Å². The van der Waals surface area contributed by atoms with Gasteiger partial charge < -0.3 is 19.9 Å². The van der Waals surface area contributed by atoms with E-state index in [0.717, 1.165) is 101 Å². The molecule has 3 aromatic rings. The number of hydrogen-bond acceptors (Lipinski definition) is 10. The Labute approximate surface area is 336 Å². The van der Waals surface area contributed by atoms with Crippen molar-refractivity contribution in [1.29, 1.82) is 5.26 Å². The molecule has 1 saturated carbocycles. The van der Waals surface area contributed by atoms with Gasteiger partial charge in [-0.1, -0.05) is 11.6 Å². The van der Waals surface area contributed by atoms with Gasteiger partial charge in [-0.15, -0.1) is 0 Å². The molecule has 4 fully saturated rings. The Morgan fingerprint density at radius 3 is 2.16 bits per heavy atom. The molecule has 0 bridgehead atoms. The summed E-state index contributed by atoms with van der Waals surface area (Å²) in [7, 11) is 0. The summed E-state index contributed by atoms with van der Waals surface area (Å²) in [5.74, 6) is -0.796. The molecule has 0 radical (unpaired) electrons. The van der Waals surface area contributed by atoms with E-state index in [1.807, 2.05) is 30.3 Å². The Hall–Kier alpha value is -5.45. The van der Waals surface area contributed by atoms with Crippen LogP contribution in [0.1, 0.15) is 88.0 Å². The first-order valence-corrected chi connectivity index (χ1v) is 20.4. The molecule has 296 valence electrons. The molecule has 1 atom stereocenters. The Balaban J connectivity index is 0.753. The fourth-order valence-corrected chi connectivity index (χ4v) is 9.07. The van der Waals surface area contributed by atoms with Gasteiger partial charge in [0.05, 0.1) is 27.8 Å². The zero-order chi connectivity index (χ0) is 39.6. The summed E-state index contributed by atoms with van der Waals surface area (Å²) in [5, 5.41) is 14.9. The average molecular weight is 792 g/mol. The maximum Gasteiger partial charge on any atom is 0.262 e. The van der Waals surface area contributed by atoms with Crippen molar-refractivity contribution in [2.45, 2.75) is 69.6 Å². The molecule has 5 aliphatic rings. The topological polar surface area (TPSA) is 155 Å². The van der Waals surface area contributed by atoms with E-state index in [4.69, 9.17) is 21.6 Å². The molecule has 2 N–H and O–H groups in total. The molecule has 5 amide bonds. The number of anilines is 2. The van der Waals surface area contributed by atoms with Gasteiger partial charge in [0.25, 0.3) is 17.7 Å². The number of amides is 5. The van der Waals surface area contributed by atoms with Crippen LogP contribution in [0, 0.1) is 17.2 Å². The van der Waals surface area contributed by atoms with Crippen LogP contribution in [0.25, 0.3) is 0 Å². The number of halogens is 1. The minimum absolute atomic E-state index is 0.0455. The second-order valence-electron chi connectivity index (χ2n) is 15.8. The third-order valence-electron chi connectivity index (χ3n) is 12.2. The van der Waals surface area contributed by atoms with Crippen LogP contribution < -0.4 is 25.2 Å². The summed E-state index contributed by atoms with van der Waals surface area (Å²) in [5.41, 5.74) is 3.72. The van der Waals surface area contributed by atoms with Crippen LogP contribution in [0.2, 0.25) is 5.02 Å². The quantitative estimate of drug-likeness (QED) is 0.290. The van der Waals surface area contributed by atoms with E-state index in [-0.39, 0.29) is 30.9 Å². The SMILES string of the molecule is N#Cc1ccc(OC2CCC(NC(=O)c3ccc(N4CCN(CC5CCN(c6ccc7c(c6)C(=O)N(C6CCC(=O)NC6=O)C7=O)CC5)CC4)cc3)CC2)cc1Cl. The molecule has 14 heteroatoms. The molecule has 1 aliphatic carbocycles. The molecular formula is C43H46ClN7O6. The van der Waals surface area contributed by atoms with Gasteiger partial charge in [-0.25, -0.2) is 0 Å². The molecule has 3 saturated heterocycles. The Kier molecular flexibility index (Phi) is 11.2. The second-order valence-corrected chi connectivity index (χ2v) is 16.2. The predicted octanol–water partition coefficient (Wildman–Crippen LogP) is 4.77. The third-order valence-corrected chi connectivity index (χ3v) is 12.5. The first-order chi connectivity index (χ1) is 27.6. The first kappa shape index (κ1) is 38.4. The fourth-order valence-electron chi connectivity index (χ4n) is 8.85. The number of imide groups is 2. The largest absolute Gasteiger partial charge is 0.490 e. The molecule has 57 heavy (non-hydrogen) atoms. The Morgan fingerprint density at radius 2 is 1.47 bits per heavy atom. The smallest absolute Gasteiger partial charge is 0.262 e. The van der Waals surface area contributed by atoms with Gasteiger partial charge in [0, 0.05) is 81.3 Å². The standard InChI is InChI=1S/C43H46ClN7O6/c44-37-24-34(9-3-29(37)25-45)57-33-10-4-30(5-11-33)46-40(53)28-1-6-31(7-2-28)50-21-19-48(20-22-50)26-27-15-17-49(18-16-27)32-8-12-35-36(23-32)43(56)51(42(35)55)38-13-14-39(52)47-41(38)54/h1-3,6-9,12,23-24,27,30,33,38H,4-5,10-11,13-22,26H2,(H,46,53)(H,47,52,54). The zero-order valence-corrected chi connectivity index (χ0v) is 32.5. The van der Waals surface area contributed by atoms with Crippen LogP contribution in [-0.2, 0) is 9.59 Å². The van der Waals surface area contributed by atoms with Gasteiger partial charge in [0.2, 0.25) is 11.8 Å². The number of carbonyl (C=O) groups excluding carboxylic acids is 5. The molecule has 4 heterocycles. The van der Waals surface area contributed by atoms with Crippen LogP contribution in [0.15, 0.2) is 60.7 Å². The van der Waals surface area contributed by atoms with Crippen LogP contribution in [-0.4, -0.2) is 103 Å². The summed E-state index contributed by atoms with van der Waals surface area (Å²) in [4.78, 5) is 71.8. The average Bonchev–Trinajstić information content (AvgIpc) is 3.47. The molecule has 4 aliphatic heterocycles. The minimum Gasteiger partial charge on any atom is -0.490 e. The van der Waals surface area contributed by atoms with Crippen molar-refractivity contribution < 1.29 is 28.7 Å². The Bertz CT molecular complexity index is 2100. The molecule has 1 unspecified atom stereocenters. The van der Waals surface area contributed by atoms with Crippen LogP contribution in [0.5, 0.6) is 5.75 Å². The molecule has 8 rings (SSSR count). The van der Waals surface area contributed by atoms with Crippen LogP contribution in [0.3, 0.4) is 0 Å². The van der Waals surface area contributed by atoms with Crippen LogP contribution >= 0.6 is 11.6 Å². The highest BCUT2D eigenvalue weighted by atomic mass is 35.5. The minimum atomic E-state index is -0.969. The highest BCUT2D eigenvalue weighted by Crippen LogP contribution is 2.33. The number of rotatable bonds is 9. The lowest BCUT2D eigenvalue weighted by Crippen LogP contribution is -2.54. The number of nitrogens with zero attached hydrogens (tertiary/aromatic N) is 5. The number of carbonyl (C=O) groups is 5. The molecule has 0 spiro atoms. The lowest BCUT2D eigenvalue weighted by atomic mass is 9.92. The second kappa shape index (κ2) is 16.6. The Morgan fingerprint density at radius 1 is 0.789 bits per heavy atom. The number of piperazine rings is 1. The molecule has 3 aromatic carbocycles. The summed E-state index contributed by atoms with van der Waals surface area (Å²) < 4.78 is 6.10. The highest BCUT2D eigenvalue weighted by molar-refractivity contribution is 6.31. The maximum absolute atomic E-state index is 13.3. The number of nitriles is 1. The molecule has 13 nitrogen and oxygen atoms in total. The number of fused-ring (bicyclic) bond motifs is 1. The zero-order valence-electron chi connectivity index (χ0n) is 31.8. The van der Waals surface area contributed by atoms with E-state index in [9.17, 15) is 24.0 Å². The van der Waals surface area contributed by atoms with Gasteiger partial charge in [0.1, 0.15) is 17.9 Å². The number of benzene rings is 3. The highest BCUT2D eigenvalue weighted by Gasteiger charge is 2.45.